The van der Waals surface area contributed by atoms with Crippen LogP contribution in [-0.4, -0.2) is 18.8 Å². The smallest absolute Gasteiger partial charge is 0.115 e. The molecule has 0 amide bonds. The summed E-state index contributed by atoms with van der Waals surface area (Å²) in [5, 5.41) is 10.1. The molecule has 0 heterocycles. The molecule has 2 heteroatoms. The van der Waals surface area contributed by atoms with Gasteiger partial charge < -0.3 is 9.84 Å². The molecule has 1 N–H and O–H groups in total. The SMILES string of the molecule is COCC1(C(C)(C)C)C=CC(O)=C(C(C)(C)C)C1. The van der Waals surface area contributed by atoms with Crippen LogP contribution in [0.5, 0.6) is 0 Å². The minimum Gasteiger partial charge on any atom is -0.508 e. The zero-order chi connectivity index (χ0) is 14.2. The molecule has 0 bridgehead atoms. The van der Waals surface area contributed by atoms with Crippen LogP contribution in [0.4, 0.5) is 0 Å². The normalized spacial score (nSPS) is 25.7. The summed E-state index contributed by atoms with van der Waals surface area (Å²) in [6.45, 7) is 13.8. The van der Waals surface area contributed by atoms with E-state index < -0.39 is 0 Å². The topological polar surface area (TPSA) is 29.5 Å². The maximum absolute atomic E-state index is 10.1. The maximum Gasteiger partial charge on any atom is 0.115 e. The first-order valence-corrected chi connectivity index (χ1v) is 6.64. The van der Waals surface area contributed by atoms with E-state index in [0.717, 1.165) is 12.0 Å². The van der Waals surface area contributed by atoms with Gasteiger partial charge in [-0.3, -0.25) is 0 Å². The summed E-state index contributed by atoms with van der Waals surface area (Å²) in [5.74, 6) is 0.429. The summed E-state index contributed by atoms with van der Waals surface area (Å²) in [6.07, 6.45) is 4.84. The quantitative estimate of drug-likeness (QED) is 0.785. The molecule has 1 atom stereocenters. The van der Waals surface area contributed by atoms with Crippen molar-refractivity contribution in [3.05, 3.63) is 23.5 Å². The Morgan fingerprint density at radius 3 is 2.17 bits per heavy atom. The van der Waals surface area contributed by atoms with E-state index in [-0.39, 0.29) is 16.2 Å². The molecule has 0 aromatic rings. The molecular formula is C16H28O2. The number of ether oxygens (including phenoxy) is 1. The Morgan fingerprint density at radius 2 is 1.78 bits per heavy atom. The second-order valence-corrected chi connectivity index (χ2v) is 7.46. The maximum atomic E-state index is 10.1. The first-order chi connectivity index (χ1) is 8.03. The number of allylic oxidation sites excluding steroid dienone is 2. The predicted molar refractivity (Wildman–Crippen MR) is 76.6 cm³/mol. The Bertz CT molecular complexity index is 364. The van der Waals surface area contributed by atoms with Crippen molar-refractivity contribution in [2.75, 3.05) is 13.7 Å². The average molecular weight is 252 g/mol. The highest BCUT2D eigenvalue weighted by molar-refractivity contribution is 5.33. The first kappa shape index (κ1) is 15.3. The van der Waals surface area contributed by atoms with Crippen molar-refractivity contribution in [2.45, 2.75) is 48.0 Å². The number of aliphatic hydroxyl groups is 1. The summed E-state index contributed by atoms with van der Waals surface area (Å²) in [4.78, 5) is 0. The standard InChI is InChI=1S/C16H28O2/c1-14(2,3)12-10-16(11-18-7,15(4,5)6)9-8-13(12)17/h8-9,17H,10-11H2,1-7H3. The second kappa shape index (κ2) is 4.73. The van der Waals surface area contributed by atoms with E-state index in [2.05, 4.69) is 47.6 Å². The Labute approximate surface area is 112 Å². The predicted octanol–water partition coefficient (Wildman–Crippen LogP) is 4.48. The molecule has 1 rings (SSSR count). The summed E-state index contributed by atoms with van der Waals surface area (Å²) in [7, 11) is 1.75. The molecule has 2 nitrogen and oxygen atoms in total. The fraction of sp³-hybridized carbons (Fsp3) is 0.750. The number of hydrogen-bond donors (Lipinski definition) is 1. The van der Waals surface area contributed by atoms with Crippen molar-refractivity contribution in [3.8, 4) is 0 Å². The van der Waals surface area contributed by atoms with Crippen LogP contribution >= 0.6 is 0 Å². The van der Waals surface area contributed by atoms with Gasteiger partial charge in [0.1, 0.15) is 5.76 Å². The van der Waals surface area contributed by atoms with Gasteiger partial charge in [0, 0.05) is 12.5 Å². The van der Waals surface area contributed by atoms with E-state index in [1.807, 2.05) is 6.08 Å². The van der Waals surface area contributed by atoms with Crippen molar-refractivity contribution in [1.82, 2.24) is 0 Å². The molecule has 0 aliphatic heterocycles. The summed E-state index contributed by atoms with van der Waals surface area (Å²) in [6, 6.07) is 0. The lowest BCUT2D eigenvalue weighted by Crippen LogP contribution is -2.41. The molecule has 0 aromatic heterocycles. The van der Waals surface area contributed by atoms with Gasteiger partial charge in [0.2, 0.25) is 0 Å². The van der Waals surface area contributed by atoms with Crippen LogP contribution in [0.3, 0.4) is 0 Å². The fourth-order valence-corrected chi connectivity index (χ4v) is 2.54. The largest absolute Gasteiger partial charge is 0.508 e. The molecule has 104 valence electrons. The van der Waals surface area contributed by atoms with E-state index >= 15 is 0 Å². The van der Waals surface area contributed by atoms with Gasteiger partial charge >= 0.3 is 0 Å². The van der Waals surface area contributed by atoms with Gasteiger partial charge in [-0.25, -0.2) is 0 Å². The van der Waals surface area contributed by atoms with Gasteiger partial charge in [0.15, 0.2) is 0 Å². The van der Waals surface area contributed by atoms with Gasteiger partial charge in [-0.15, -0.1) is 0 Å². The van der Waals surface area contributed by atoms with E-state index in [1.165, 1.54) is 0 Å². The van der Waals surface area contributed by atoms with Crippen LogP contribution in [0.25, 0.3) is 0 Å². The minimum absolute atomic E-state index is 0.0148. The van der Waals surface area contributed by atoms with Crippen LogP contribution in [0.1, 0.15) is 48.0 Å². The van der Waals surface area contributed by atoms with Crippen molar-refractivity contribution in [1.29, 1.82) is 0 Å². The number of rotatable bonds is 2. The molecule has 0 fully saturated rings. The lowest BCUT2D eigenvalue weighted by atomic mass is 9.60. The van der Waals surface area contributed by atoms with Crippen molar-refractivity contribution in [3.63, 3.8) is 0 Å². The minimum atomic E-state index is -0.0450. The van der Waals surface area contributed by atoms with Crippen LogP contribution in [0.15, 0.2) is 23.5 Å². The Hall–Kier alpha value is -0.760. The molecule has 1 aliphatic carbocycles. The van der Waals surface area contributed by atoms with Gasteiger partial charge in [-0.05, 0) is 28.9 Å². The zero-order valence-corrected chi connectivity index (χ0v) is 12.9. The summed E-state index contributed by atoms with van der Waals surface area (Å²) < 4.78 is 5.45. The number of aliphatic hydroxyl groups excluding tert-OH is 1. The highest BCUT2D eigenvalue weighted by Gasteiger charge is 2.44. The molecule has 0 radical (unpaired) electrons. The average Bonchev–Trinajstić information content (AvgIpc) is 2.18. The highest BCUT2D eigenvalue weighted by Crippen LogP contribution is 2.50. The van der Waals surface area contributed by atoms with Crippen LogP contribution in [0.2, 0.25) is 0 Å². The first-order valence-electron chi connectivity index (χ1n) is 6.64. The van der Waals surface area contributed by atoms with Crippen molar-refractivity contribution in [2.24, 2.45) is 16.2 Å². The third kappa shape index (κ3) is 2.80. The summed E-state index contributed by atoms with van der Waals surface area (Å²) >= 11 is 0. The fourth-order valence-electron chi connectivity index (χ4n) is 2.54. The van der Waals surface area contributed by atoms with E-state index in [0.29, 0.717) is 12.4 Å². The second-order valence-electron chi connectivity index (χ2n) is 7.46. The van der Waals surface area contributed by atoms with Crippen LogP contribution < -0.4 is 0 Å². The Kier molecular flexibility index (Phi) is 4.02. The zero-order valence-electron chi connectivity index (χ0n) is 12.9. The van der Waals surface area contributed by atoms with E-state index in [4.69, 9.17) is 4.74 Å². The molecule has 1 aliphatic rings. The molecule has 0 saturated heterocycles. The molecular weight excluding hydrogens is 224 g/mol. The molecule has 0 spiro atoms. The number of hydrogen-bond acceptors (Lipinski definition) is 2. The molecule has 1 unspecified atom stereocenters. The van der Waals surface area contributed by atoms with E-state index in [9.17, 15) is 5.11 Å². The van der Waals surface area contributed by atoms with Gasteiger partial charge in [-0.2, -0.15) is 0 Å². The van der Waals surface area contributed by atoms with Gasteiger partial charge in [0.25, 0.3) is 0 Å². The Morgan fingerprint density at radius 1 is 1.22 bits per heavy atom. The highest BCUT2D eigenvalue weighted by atomic mass is 16.5. The number of methoxy groups -OCH3 is 1. The van der Waals surface area contributed by atoms with E-state index in [1.54, 1.807) is 7.11 Å². The molecule has 0 aromatic carbocycles. The van der Waals surface area contributed by atoms with Crippen molar-refractivity contribution >= 4 is 0 Å². The van der Waals surface area contributed by atoms with Crippen molar-refractivity contribution < 1.29 is 9.84 Å². The lowest BCUT2D eigenvalue weighted by molar-refractivity contribution is 0.0262. The van der Waals surface area contributed by atoms with Crippen LogP contribution in [0, 0.1) is 16.2 Å². The summed E-state index contributed by atoms with van der Waals surface area (Å²) in [5.41, 5.74) is 1.16. The van der Waals surface area contributed by atoms with Gasteiger partial charge in [0.05, 0.1) is 6.61 Å². The third-order valence-corrected chi connectivity index (χ3v) is 4.16. The Balaban J connectivity index is 3.21. The monoisotopic (exact) mass is 252 g/mol. The van der Waals surface area contributed by atoms with Gasteiger partial charge in [-0.1, -0.05) is 47.6 Å². The lowest BCUT2D eigenvalue weighted by Gasteiger charge is -2.46. The molecule has 0 saturated carbocycles. The molecule has 18 heavy (non-hydrogen) atoms. The third-order valence-electron chi connectivity index (χ3n) is 4.16. The van der Waals surface area contributed by atoms with Crippen LogP contribution in [-0.2, 0) is 4.74 Å².